The number of piperidine rings is 1. The van der Waals surface area contributed by atoms with Gasteiger partial charge in [-0.3, -0.25) is 4.79 Å². The zero-order valence-electron chi connectivity index (χ0n) is 11.6. The van der Waals surface area contributed by atoms with Gasteiger partial charge in [0.2, 0.25) is 5.91 Å². The molecule has 0 bridgehead atoms. The summed E-state index contributed by atoms with van der Waals surface area (Å²) in [4.78, 5) is 12.4. The maximum Gasteiger partial charge on any atom is 0.226 e. The van der Waals surface area contributed by atoms with E-state index in [1.165, 1.54) is 6.42 Å². The Labute approximate surface area is 117 Å². The van der Waals surface area contributed by atoms with Crippen molar-refractivity contribution < 1.29 is 4.79 Å². The number of hydrogen-bond donors (Lipinski definition) is 2. The van der Waals surface area contributed by atoms with Gasteiger partial charge in [-0.1, -0.05) is 20.3 Å². The maximum atomic E-state index is 12.4. The van der Waals surface area contributed by atoms with E-state index in [1.54, 1.807) is 0 Å². The van der Waals surface area contributed by atoms with Crippen molar-refractivity contribution in [1.29, 1.82) is 0 Å². The molecule has 1 heterocycles. The molecule has 0 unspecified atom stereocenters. The number of halogens is 1. The molecule has 2 rings (SSSR count). The van der Waals surface area contributed by atoms with Crippen LogP contribution in [0.2, 0.25) is 0 Å². The zero-order valence-corrected chi connectivity index (χ0v) is 12.4. The van der Waals surface area contributed by atoms with Gasteiger partial charge in [0.1, 0.15) is 0 Å². The molecule has 2 fully saturated rings. The molecule has 2 N–H and O–H groups in total. The molecule has 3 nitrogen and oxygen atoms in total. The van der Waals surface area contributed by atoms with Gasteiger partial charge < -0.3 is 10.6 Å². The van der Waals surface area contributed by atoms with Crippen LogP contribution in [0.25, 0.3) is 0 Å². The highest BCUT2D eigenvalue weighted by atomic mass is 35.5. The van der Waals surface area contributed by atoms with Gasteiger partial charge in [0.05, 0.1) is 0 Å². The topological polar surface area (TPSA) is 41.1 Å². The van der Waals surface area contributed by atoms with E-state index in [0.717, 1.165) is 45.2 Å². The quantitative estimate of drug-likeness (QED) is 0.827. The van der Waals surface area contributed by atoms with Crippen LogP contribution < -0.4 is 10.6 Å². The summed E-state index contributed by atoms with van der Waals surface area (Å²) in [7, 11) is 0. The van der Waals surface area contributed by atoms with Crippen molar-refractivity contribution in [2.45, 2.75) is 58.4 Å². The van der Waals surface area contributed by atoms with Crippen molar-refractivity contribution in [2.75, 3.05) is 13.1 Å². The molecule has 1 aliphatic carbocycles. The van der Waals surface area contributed by atoms with Crippen LogP contribution in [0.4, 0.5) is 0 Å². The monoisotopic (exact) mass is 274 g/mol. The van der Waals surface area contributed by atoms with Crippen molar-refractivity contribution in [2.24, 2.45) is 11.3 Å². The van der Waals surface area contributed by atoms with Gasteiger partial charge in [-0.15, -0.1) is 12.4 Å². The number of carbonyl (C=O) groups excluding carboxylic acids is 1. The van der Waals surface area contributed by atoms with Gasteiger partial charge >= 0.3 is 0 Å². The Bertz CT molecular complexity index is 271. The first-order chi connectivity index (χ1) is 8.12. The molecule has 1 amide bonds. The SMILES string of the molecule is CC(C)CC1(C(=O)NC2CCNCC2)CCC1.Cl. The van der Waals surface area contributed by atoms with E-state index in [2.05, 4.69) is 24.5 Å². The number of rotatable bonds is 4. The van der Waals surface area contributed by atoms with E-state index >= 15 is 0 Å². The second-order valence-corrected chi connectivity index (χ2v) is 6.23. The predicted molar refractivity (Wildman–Crippen MR) is 77.0 cm³/mol. The van der Waals surface area contributed by atoms with Crippen molar-refractivity contribution in [3.8, 4) is 0 Å². The van der Waals surface area contributed by atoms with Crippen LogP contribution in [-0.2, 0) is 4.79 Å². The van der Waals surface area contributed by atoms with Crippen LogP contribution in [0.3, 0.4) is 0 Å². The van der Waals surface area contributed by atoms with Gasteiger partial charge in [0.15, 0.2) is 0 Å². The molecule has 0 aromatic carbocycles. The fourth-order valence-corrected chi connectivity index (χ4v) is 3.21. The molecular weight excluding hydrogens is 248 g/mol. The normalized spacial score (nSPS) is 23.1. The van der Waals surface area contributed by atoms with Gasteiger partial charge in [-0.05, 0) is 51.1 Å². The highest BCUT2D eigenvalue weighted by Crippen LogP contribution is 2.46. The average molecular weight is 275 g/mol. The Kier molecular flexibility index (Phi) is 5.93. The largest absolute Gasteiger partial charge is 0.353 e. The Morgan fingerprint density at radius 2 is 1.94 bits per heavy atom. The standard InChI is InChI=1S/C14H26N2O.ClH/c1-11(2)10-14(6-3-7-14)13(17)16-12-4-8-15-9-5-12;/h11-12,15H,3-10H2,1-2H3,(H,16,17);1H. The lowest BCUT2D eigenvalue weighted by atomic mass is 9.64. The molecule has 0 aromatic rings. The van der Waals surface area contributed by atoms with E-state index in [9.17, 15) is 4.79 Å². The van der Waals surface area contributed by atoms with Crippen LogP contribution in [0, 0.1) is 11.3 Å². The minimum absolute atomic E-state index is 0. The molecular formula is C14H27ClN2O. The van der Waals surface area contributed by atoms with Gasteiger partial charge in [0, 0.05) is 11.5 Å². The highest BCUT2D eigenvalue weighted by Gasteiger charge is 2.44. The van der Waals surface area contributed by atoms with Crippen LogP contribution in [0.5, 0.6) is 0 Å². The molecule has 18 heavy (non-hydrogen) atoms. The minimum atomic E-state index is -0.0148. The smallest absolute Gasteiger partial charge is 0.226 e. The lowest BCUT2D eigenvalue weighted by Crippen LogP contribution is -2.51. The Hall–Kier alpha value is -0.280. The third-order valence-electron chi connectivity index (χ3n) is 4.27. The molecule has 1 saturated carbocycles. The van der Waals surface area contributed by atoms with Crippen LogP contribution in [0.15, 0.2) is 0 Å². The molecule has 0 aromatic heterocycles. The molecule has 4 heteroatoms. The molecule has 1 aliphatic heterocycles. The van der Waals surface area contributed by atoms with Crippen molar-refractivity contribution in [3.05, 3.63) is 0 Å². The van der Waals surface area contributed by atoms with Gasteiger partial charge in [0.25, 0.3) is 0 Å². The third-order valence-corrected chi connectivity index (χ3v) is 4.27. The second kappa shape index (κ2) is 6.76. The fourth-order valence-electron chi connectivity index (χ4n) is 3.21. The lowest BCUT2D eigenvalue weighted by Gasteiger charge is -2.42. The molecule has 106 valence electrons. The summed E-state index contributed by atoms with van der Waals surface area (Å²) in [6, 6.07) is 0.411. The van der Waals surface area contributed by atoms with E-state index in [1.807, 2.05) is 0 Å². The summed E-state index contributed by atoms with van der Waals surface area (Å²) in [5.41, 5.74) is -0.0148. The molecule has 0 spiro atoms. The summed E-state index contributed by atoms with van der Waals surface area (Å²) in [6.07, 6.45) is 6.66. The number of nitrogens with one attached hydrogen (secondary N) is 2. The van der Waals surface area contributed by atoms with E-state index in [4.69, 9.17) is 0 Å². The Morgan fingerprint density at radius 1 is 1.33 bits per heavy atom. The first-order valence-electron chi connectivity index (χ1n) is 7.14. The lowest BCUT2D eigenvalue weighted by molar-refractivity contribution is -0.138. The maximum absolute atomic E-state index is 12.4. The number of amides is 1. The van der Waals surface area contributed by atoms with E-state index in [-0.39, 0.29) is 17.8 Å². The predicted octanol–water partition coefficient (Wildman–Crippen LogP) is 2.49. The van der Waals surface area contributed by atoms with Crippen LogP contribution in [0.1, 0.15) is 52.4 Å². The van der Waals surface area contributed by atoms with Crippen LogP contribution >= 0.6 is 12.4 Å². The summed E-state index contributed by atoms with van der Waals surface area (Å²) in [5.74, 6) is 0.957. The summed E-state index contributed by atoms with van der Waals surface area (Å²) < 4.78 is 0. The number of carbonyl (C=O) groups is 1. The first kappa shape index (κ1) is 15.8. The highest BCUT2D eigenvalue weighted by molar-refractivity contribution is 5.85. The average Bonchev–Trinajstić information content (AvgIpc) is 2.24. The van der Waals surface area contributed by atoms with Gasteiger partial charge in [-0.2, -0.15) is 0 Å². The Balaban J connectivity index is 0.00000162. The minimum Gasteiger partial charge on any atom is -0.353 e. The second-order valence-electron chi connectivity index (χ2n) is 6.23. The zero-order chi connectivity index (χ0) is 12.3. The van der Waals surface area contributed by atoms with Gasteiger partial charge in [-0.25, -0.2) is 0 Å². The summed E-state index contributed by atoms with van der Waals surface area (Å²) in [6.45, 7) is 6.53. The molecule has 1 saturated heterocycles. The van der Waals surface area contributed by atoms with E-state index < -0.39 is 0 Å². The van der Waals surface area contributed by atoms with Crippen molar-refractivity contribution in [3.63, 3.8) is 0 Å². The first-order valence-corrected chi connectivity index (χ1v) is 7.14. The summed E-state index contributed by atoms with van der Waals surface area (Å²) >= 11 is 0. The number of hydrogen-bond acceptors (Lipinski definition) is 2. The fraction of sp³-hybridized carbons (Fsp3) is 0.929. The molecule has 0 radical (unpaired) electrons. The third kappa shape index (κ3) is 3.61. The molecule has 2 aliphatic rings. The summed E-state index contributed by atoms with van der Waals surface area (Å²) in [5, 5.41) is 6.62. The van der Waals surface area contributed by atoms with Crippen LogP contribution in [-0.4, -0.2) is 25.0 Å². The Morgan fingerprint density at radius 3 is 2.39 bits per heavy atom. The van der Waals surface area contributed by atoms with E-state index in [0.29, 0.717) is 17.9 Å². The van der Waals surface area contributed by atoms with Crippen molar-refractivity contribution >= 4 is 18.3 Å². The van der Waals surface area contributed by atoms with Crippen molar-refractivity contribution in [1.82, 2.24) is 10.6 Å². The molecule has 0 atom stereocenters.